The number of halogens is 1. The zero-order valence-electron chi connectivity index (χ0n) is 14.2. The third-order valence-electron chi connectivity index (χ3n) is 5.12. The Balaban J connectivity index is 1.76. The van der Waals surface area contributed by atoms with Gasteiger partial charge in [0, 0.05) is 32.2 Å². The van der Waals surface area contributed by atoms with Crippen LogP contribution in [-0.4, -0.2) is 48.4 Å². The van der Waals surface area contributed by atoms with E-state index in [0.29, 0.717) is 18.0 Å². The smallest absolute Gasteiger partial charge is 0.322 e. The quantitative estimate of drug-likeness (QED) is 0.902. The number of piperidine rings is 1. The Kier molecular flexibility index (Phi) is 4.73. The van der Waals surface area contributed by atoms with Gasteiger partial charge in [0.25, 0.3) is 5.91 Å². The average molecular weight is 333 g/mol. The van der Waals surface area contributed by atoms with Gasteiger partial charge in [-0.2, -0.15) is 0 Å². The van der Waals surface area contributed by atoms with Gasteiger partial charge in [-0.25, -0.2) is 9.18 Å². The van der Waals surface area contributed by atoms with Crippen LogP contribution < -0.4 is 5.32 Å². The van der Waals surface area contributed by atoms with Crippen LogP contribution in [0.1, 0.15) is 42.5 Å². The summed E-state index contributed by atoms with van der Waals surface area (Å²) in [6, 6.07) is 4.07. The summed E-state index contributed by atoms with van der Waals surface area (Å²) in [5, 5.41) is 2.67. The summed E-state index contributed by atoms with van der Waals surface area (Å²) in [7, 11) is 3.27. The molecule has 6 heteroatoms. The number of carbonyl (C=O) groups is 2. The van der Waals surface area contributed by atoms with Gasteiger partial charge >= 0.3 is 6.03 Å². The highest BCUT2D eigenvalue weighted by molar-refractivity contribution is 5.96. The molecule has 1 aromatic rings. The standard InChI is InChI=1S/C18H24FN3O2/c1-21(2)17(23)13-8-9-14(19)15(11-13)20-18(24)22-10-4-6-12-5-3-7-16(12)22/h8-9,11-12,16H,3-7,10H2,1-2H3,(H,20,24)/t12-,16-/m1/s1. The molecule has 0 bridgehead atoms. The molecule has 3 amide bonds. The lowest BCUT2D eigenvalue weighted by Gasteiger charge is -2.37. The van der Waals surface area contributed by atoms with Crippen molar-refractivity contribution in [1.29, 1.82) is 0 Å². The SMILES string of the molecule is CN(C)C(=O)c1ccc(F)c(NC(=O)N2CCC[C@H]3CCC[C@H]32)c1. The van der Waals surface area contributed by atoms with Gasteiger partial charge in [-0.3, -0.25) is 4.79 Å². The Morgan fingerprint density at radius 2 is 1.96 bits per heavy atom. The highest BCUT2D eigenvalue weighted by Crippen LogP contribution is 2.37. The van der Waals surface area contributed by atoms with Crippen molar-refractivity contribution in [2.75, 3.05) is 26.0 Å². The summed E-state index contributed by atoms with van der Waals surface area (Å²) < 4.78 is 14.1. The highest BCUT2D eigenvalue weighted by atomic mass is 19.1. The maximum absolute atomic E-state index is 14.1. The second-order valence-corrected chi connectivity index (χ2v) is 6.92. The molecule has 0 aromatic heterocycles. The Morgan fingerprint density at radius 3 is 2.71 bits per heavy atom. The number of nitrogens with zero attached hydrogens (tertiary/aromatic N) is 2. The van der Waals surface area contributed by atoms with Gasteiger partial charge in [-0.1, -0.05) is 6.42 Å². The number of anilines is 1. The molecule has 1 saturated heterocycles. The molecule has 1 heterocycles. The summed E-state index contributed by atoms with van der Waals surface area (Å²) in [5.41, 5.74) is 0.418. The summed E-state index contributed by atoms with van der Waals surface area (Å²) in [6.45, 7) is 0.713. The summed E-state index contributed by atoms with van der Waals surface area (Å²) in [6.07, 6.45) is 5.53. The number of hydrogen-bond acceptors (Lipinski definition) is 2. The second-order valence-electron chi connectivity index (χ2n) is 6.92. The molecule has 3 rings (SSSR count). The molecule has 1 aliphatic heterocycles. The number of amides is 3. The summed E-state index contributed by atoms with van der Waals surface area (Å²) >= 11 is 0. The molecule has 1 saturated carbocycles. The predicted molar refractivity (Wildman–Crippen MR) is 90.5 cm³/mol. The second kappa shape index (κ2) is 6.79. The number of hydrogen-bond donors (Lipinski definition) is 1. The van der Waals surface area contributed by atoms with Crippen molar-refractivity contribution in [2.24, 2.45) is 5.92 Å². The molecule has 1 aliphatic carbocycles. The van der Waals surface area contributed by atoms with Gasteiger partial charge in [0.2, 0.25) is 0 Å². The van der Waals surface area contributed by atoms with E-state index in [9.17, 15) is 14.0 Å². The first-order chi connectivity index (χ1) is 11.5. The molecule has 1 aromatic carbocycles. The van der Waals surface area contributed by atoms with Crippen molar-refractivity contribution in [3.8, 4) is 0 Å². The number of urea groups is 1. The van der Waals surface area contributed by atoms with E-state index in [-0.39, 0.29) is 23.7 Å². The molecule has 2 atom stereocenters. The lowest BCUT2D eigenvalue weighted by atomic mass is 9.92. The minimum atomic E-state index is -0.529. The van der Waals surface area contributed by atoms with Crippen molar-refractivity contribution in [3.63, 3.8) is 0 Å². The fraction of sp³-hybridized carbons (Fsp3) is 0.556. The average Bonchev–Trinajstić information content (AvgIpc) is 3.04. The molecule has 0 spiro atoms. The van der Waals surface area contributed by atoms with E-state index < -0.39 is 5.82 Å². The first-order valence-corrected chi connectivity index (χ1v) is 8.56. The number of fused-ring (bicyclic) bond motifs is 1. The van der Waals surface area contributed by atoms with Crippen molar-refractivity contribution < 1.29 is 14.0 Å². The lowest BCUT2D eigenvalue weighted by molar-refractivity contribution is 0.0827. The minimum absolute atomic E-state index is 0.0628. The molecule has 24 heavy (non-hydrogen) atoms. The number of likely N-dealkylation sites (tertiary alicyclic amines) is 1. The van der Waals surface area contributed by atoms with Crippen LogP contribution in [0.25, 0.3) is 0 Å². The van der Waals surface area contributed by atoms with Crippen LogP contribution in [0.4, 0.5) is 14.9 Å². The molecule has 0 unspecified atom stereocenters. The van der Waals surface area contributed by atoms with Crippen LogP contribution in [0, 0.1) is 11.7 Å². The van der Waals surface area contributed by atoms with E-state index in [1.807, 2.05) is 4.90 Å². The molecule has 0 radical (unpaired) electrons. The first kappa shape index (κ1) is 16.7. The summed E-state index contributed by atoms with van der Waals surface area (Å²) in [5.74, 6) is -0.172. The third kappa shape index (κ3) is 3.23. The molecule has 130 valence electrons. The van der Waals surface area contributed by atoms with Crippen molar-refractivity contribution in [3.05, 3.63) is 29.6 Å². The van der Waals surface area contributed by atoms with Crippen LogP contribution in [0.5, 0.6) is 0 Å². The van der Waals surface area contributed by atoms with Gasteiger partial charge in [-0.05, 0) is 49.8 Å². The Bertz CT molecular complexity index is 647. The van der Waals surface area contributed by atoms with Crippen LogP contribution in [-0.2, 0) is 0 Å². The minimum Gasteiger partial charge on any atom is -0.345 e. The monoisotopic (exact) mass is 333 g/mol. The van der Waals surface area contributed by atoms with Crippen LogP contribution >= 0.6 is 0 Å². The Labute approximate surface area is 141 Å². The van der Waals surface area contributed by atoms with Gasteiger partial charge < -0.3 is 15.1 Å². The number of nitrogens with one attached hydrogen (secondary N) is 1. The molecule has 1 N–H and O–H groups in total. The summed E-state index contributed by atoms with van der Waals surface area (Å²) in [4.78, 5) is 27.9. The van der Waals surface area contributed by atoms with E-state index in [2.05, 4.69) is 5.32 Å². The van der Waals surface area contributed by atoms with Crippen LogP contribution in [0.15, 0.2) is 18.2 Å². The zero-order chi connectivity index (χ0) is 17.3. The first-order valence-electron chi connectivity index (χ1n) is 8.56. The van der Waals surface area contributed by atoms with E-state index >= 15 is 0 Å². The Morgan fingerprint density at radius 1 is 1.21 bits per heavy atom. The van der Waals surface area contributed by atoms with E-state index in [4.69, 9.17) is 0 Å². The molecule has 5 nitrogen and oxygen atoms in total. The largest absolute Gasteiger partial charge is 0.345 e. The fourth-order valence-corrected chi connectivity index (χ4v) is 3.91. The zero-order valence-corrected chi connectivity index (χ0v) is 14.2. The van der Waals surface area contributed by atoms with Crippen LogP contribution in [0.2, 0.25) is 0 Å². The molecular weight excluding hydrogens is 309 g/mol. The molecular formula is C18H24FN3O2. The highest BCUT2D eigenvalue weighted by Gasteiger charge is 2.37. The number of benzene rings is 1. The number of carbonyl (C=O) groups excluding carboxylic acids is 2. The van der Waals surface area contributed by atoms with Gasteiger partial charge in [0.15, 0.2) is 0 Å². The maximum atomic E-state index is 14.1. The molecule has 2 aliphatic rings. The third-order valence-corrected chi connectivity index (χ3v) is 5.12. The van der Waals surface area contributed by atoms with Crippen LogP contribution in [0.3, 0.4) is 0 Å². The van der Waals surface area contributed by atoms with E-state index in [1.54, 1.807) is 14.1 Å². The predicted octanol–water partition coefficient (Wildman–Crippen LogP) is 3.32. The maximum Gasteiger partial charge on any atom is 0.322 e. The topological polar surface area (TPSA) is 52.7 Å². The fourth-order valence-electron chi connectivity index (χ4n) is 3.91. The lowest BCUT2D eigenvalue weighted by Crippen LogP contribution is -2.48. The Hall–Kier alpha value is -2.11. The van der Waals surface area contributed by atoms with Gasteiger partial charge in [0.1, 0.15) is 5.82 Å². The van der Waals surface area contributed by atoms with Crippen molar-refractivity contribution in [2.45, 2.75) is 38.1 Å². The van der Waals surface area contributed by atoms with Gasteiger partial charge in [-0.15, -0.1) is 0 Å². The normalized spacial score (nSPS) is 22.9. The van der Waals surface area contributed by atoms with E-state index in [0.717, 1.165) is 19.3 Å². The van der Waals surface area contributed by atoms with Gasteiger partial charge in [0.05, 0.1) is 5.69 Å². The molecule has 2 fully saturated rings. The van der Waals surface area contributed by atoms with Crippen molar-refractivity contribution >= 4 is 17.6 Å². The van der Waals surface area contributed by atoms with Crippen molar-refractivity contribution in [1.82, 2.24) is 9.80 Å². The van der Waals surface area contributed by atoms with E-state index in [1.165, 1.54) is 35.9 Å². The number of rotatable bonds is 2.